The number of ketones is 1. The lowest BCUT2D eigenvalue weighted by atomic mass is 9.65. The largest absolute Gasteiger partial charge is 0.416 e. The minimum absolute atomic E-state index is 0.00416. The molecule has 1 atom stereocenters. The third kappa shape index (κ3) is 4.54. The molecule has 15 heteroatoms. The molecule has 10 nitrogen and oxygen atoms in total. The van der Waals surface area contributed by atoms with Gasteiger partial charge in [0, 0.05) is 26.3 Å². The minimum atomic E-state index is -4.71. The summed E-state index contributed by atoms with van der Waals surface area (Å²) in [6.07, 6.45) is 0.724. The van der Waals surface area contributed by atoms with Crippen LogP contribution in [-0.2, 0) is 29.7 Å². The number of rotatable bonds is 5. The molecule has 2 aliphatic rings. The maximum Gasteiger partial charge on any atom is 0.416 e. The van der Waals surface area contributed by atoms with E-state index in [1.165, 1.54) is 48.4 Å². The van der Waals surface area contributed by atoms with Crippen LogP contribution in [0.2, 0.25) is 0 Å². The van der Waals surface area contributed by atoms with Crippen molar-refractivity contribution in [3.8, 4) is 5.69 Å². The monoisotopic (exact) mass is 587 g/mol. The number of halogens is 4. The Balaban J connectivity index is 1.47. The highest BCUT2D eigenvalue weighted by molar-refractivity contribution is 7.89. The van der Waals surface area contributed by atoms with Gasteiger partial charge in [0.15, 0.2) is 5.78 Å². The lowest BCUT2D eigenvalue weighted by Crippen LogP contribution is -2.53. The Bertz CT molecular complexity index is 1810. The molecule has 41 heavy (non-hydrogen) atoms. The van der Waals surface area contributed by atoms with Crippen LogP contribution < -0.4 is 0 Å². The second-order valence-electron chi connectivity index (χ2n) is 9.95. The number of fused-ring (bicyclic) bond motifs is 2. The van der Waals surface area contributed by atoms with Gasteiger partial charge in [0.25, 0.3) is 10.0 Å². The number of piperidine rings is 1. The van der Waals surface area contributed by atoms with Gasteiger partial charge in [-0.15, -0.1) is 5.10 Å². The van der Waals surface area contributed by atoms with E-state index in [4.69, 9.17) is 0 Å². The van der Waals surface area contributed by atoms with Crippen molar-refractivity contribution in [3.63, 3.8) is 0 Å². The smallest absolute Gasteiger partial charge is 0.291 e. The molecule has 0 amide bonds. The summed E-state index contributed by atoms with van der Waals surface area (Å²) in [6, 6.07) is 7.09. The Morgan fingerprint density at radius 2 is 1.88 bits per heavy atom. The van der Waals surface area contributed by atoms with E-state index in [1.807, 2.05) is 0 Å². The van der Waals surface area contributed by atoms with E-state index in [2.05, 4.69) is 20.4 Å². The third-order valence-corrected chi connectivity index (χ3v) is 9.10. The standard InChI is InChI=1S/C26H21F4N7O3S/c1-35-14-23(33-34-35)41(39,40)36-9-7-17-11-22-16(13-32-37(22)20-4-2-19(27)3-5-20)12-25(17,15-36)24(38)21-10-18(6-8-31-21)26(28,29)30/h2-6,8,10-11,13-14H,7,9,12,15H2,1H3/t25-/m0/s1. The number of Topliss-reactive ketones (excluding diaryl/α,β-unsaturated/α-hetero) is 1. The average molecular weight is 588 g/mol. The molecule has 4 heterocycles. The van der Waals surface area contributed by atoms with Crippen molar-refractivity contribution in [1.82, 2.24) is 34.1 Å². The van der Waals surface area contributed by atoms with Gasteiger partial charge in [-0.1, -0.05) is 10.8 Å². The maximum atomic E-state index is 14.2. The number of pyridine rings is 1. The number of aromatic nitrogens is 6. The van der Waals surface area contributed by atoms with E-state index in [-0.39, 0.29) is 31.0 Å². The number of carbonyl (C=O) groups excluding carboxylic acids is 1. The number of aryl methyl sites for hydroxylation is 1. The zero-order valence-corrected chi connectivity index (χ0v) is 22.2. The van der Waals surface area contributed by atoms with Crippen molar-refractivity contribution in [3.05, 3.63) is 88.9 Å². The highest BCUT2D eigenvalue weighted by Crippen LogP contribution is 2.47. The second-order valence-corrected chi connectivity index (χ2v) is 11.8. The number of carbonyl (C=O) groups is 1. The molecule has 1 aliphatic carbocycles. The highest BCUT2D eigenvalue weighted by atomic mass is 32.2. The van der Waals surface area contributed by atoms with E-state index in [0.29, 0.717) is 28.6 Å². The van der Waals surface area contributed by atoms with Crippen LogP contribution in [0.4, 0.5) is 17.6 Å². The minimum Gasteiger partial charge on any atom is -0.291 e. The molecule has 1 aliphatic heterocycles. The molecule has 0 unspecified atom stereocenters. The van der Waals surface area contributed by atoms with Crippen LogP contribution in [-0.4, -0.2) is 61.4 Å². The Labute approximate surface area is 231 Å². The number of alkyl halides is 3. The van der Waals surface area contributed by atoms with Gasteiger partial charge in [-0.3, -0.25) is 14.5 Å². The van der Waals surface area contributed by atoms with Crippen molar-refractivity contribution in [2.45, 2.75) is 24.0 Å². The van der Waals surface area contributed by atoms with Gasteiger partial charge in [0.05, 0.1) is 34.8 Å². The molecule has 6 rings (SSSR count). The van der Waals surface area contributed by atoms with Crippen molar-refractivity contribution in [2.75, 3.05) is 13.1 Å². The van der Waals surface area contributed by atoms with Crippen LogP contribution in [0.25, 0.3) is 11.8 Å². The molecule has 0 N–H and O–H groups in total. The Morgan fingerprint density at radius 3 is 2.56 bits per heavy atom. The van der Waals surface area contributed by atoms with Gasteiger partial charge < -0.3 is 0 Å². The summed E-state index contributed by atoms with van der Waals surface area (Å²) in [7, 11) is -2.68. The van der Waals surface area contributed by atoms with Crippen molar-refractivity contribution in [1.29, 1.82) is 0 Å². The van der Waals surface area contributed by atoms with Gasteiger partial charge >= 0.3 is 6.18 Å². The van der Waals surface area contributed by atoms with E-state index in [9.17, 15) is 30.8 Å². The van der Waals surface area contributed by atoms with Gasteiger partial charge in [-0.05, 0) is 60.9 Å². The zero-order chi connectivity index (χ0) is 29.2. The molecule has 1 saturated heterocycles. The molecular weight excluding hydrogens is 566 g/mol. The van der Waals surface area contributed by atoms with Gasteiger partial charge in [0.1, 0.15) is 11.5 Å². The van der Waals surface area contributed by atoms with Crippen LogP contribution in [0, 0.1) is 11.2 Å². The molecule has 0 spiro atoms. The summed E-state index contributed by atoms with van der Waals surface area (Å²) in [4.78, 5) is 18.1. The Morgan fingerprint density at radius 1 is 1.12 bits per heavy atom. The number of sulfonamides is 1. The summed E-state index contributed by atoms with van der Waals surface area (Å²) in [5.74, 6) is -1.17. The van der Waals surface area contributed by atoms with Crippen LogP contribution >= 0.6 is 0 Å². The lowest BCUT2D eigenvalue weighted by molar-refractivity contribution is -0.137. The fraction of sp³-hybridized carbons (Fsp3) is 0.269. The van der Waals surface area contributed by atoms with Crippen molar-refractivity contribution >= 4 is 21.9 Å². The SMILES string of the molecule is Cn1cc(S(=O)(=O)N2CCC3=Cc4c(cnn4-c4ccc(F)cc4)C[C@]3(C(=O)c3cc(C(F)(F)F)ccn3)C2)nn1. The second kappa shape index (κ2) is 9.41. The summed E-state index contributed by atoms with van der Waals surface area (Å²) in [5.41, 5.74) is -0.769. The van der Waals surface area contributed by atoms with Gasteiger partial charge in [-0.2, -0.15) is 22.6 Å². The fourth-order valence-electron chi connectivity index (χ4n) is 5.36. The number of hydrogen-bond donors (Lipinski definition) is 0. The molecule has 0 radical (unpaired) electrons. The first-order chi connectivity index (χ1) is 19.4. The van der Waals surface area contributed by atoms with Gasteiger partial charge in [0.2, 0.25) is 5.03 Å². The Kier molecular flexibility index (Phi) is 6.19. The van der Waals surface area contributed by atoms with Crippen molar-refractivity contribution < 1.29 is 30.8 Å². The Hall–Kier alpha value is -4.24. The number of benzene rings is 1. The van der Waals surface area contributed by atoms with E-state index in [0.717, 1.165) is 16.6 Å². The highest BCUT2D eigenvalue weighted by Gasteiger charge is 2.52. The molecule has 1 fully saturated rings. The van der Waals surface area contributed by atoms with Crippen LogP contribution in [0.1, 0.15) is 33.7 Å². The zero-order valence-electron chi connectivity index (χ0n) is 21.4. The number of nitrogens with zero attached hydrogens (tertiary/aromatic N) is 7. The third-order valence-electron chi connectivity index (χ3n) is 7.39. The topological polar surface area (TPSA) is 116 Å². The summed E-state index contributed by atoms with van der Waals surface area (Å²) < 4.78 is 85.0. The first-order valence-corrected chi connectivity index (χ1v) is 13.8. The fourth-order valence-corrected chi connectivity index (χ4v) is 6.77. The van der Waals surface area contributed by atoms with Crippen LogP contribution in [0.15, 0.2) is 65.6 Å². The molecule has 0 bridgehead atoms. The van der Waals surface area contributed by atoms with Gasteiger partial charge in [-0.25, -0.2) is 17.5 Å². The number of hydrogen-bond acceptors (Lipinski definition) is 7. The van der Waals surface area contributed by atoms with Crippen molar-refractivity contribution in [2.24, 2.45) is 12.5 Å². The average Bonchev–Trinajstić information content (AvgIpc) is 3.57. The summed E-state index contributed by atoms with van der Waals surface area (Å²) in [5, 5.41) is 11.5. The first-order valence-electron chi connectivity index (χ1n) is 12.4. The van der Waals surface area contributed by atoms with E-state index >= 15 is 0 Å². The maximum absolute atomic E-state index is 14.2. The predicted molar refractivity (Wildman–Crippen MR) is 136 cm³/mol. The molecule has 1 aromatic carbocycles. The lowest BCUT2D eigenvalue weighted by Gasteiger charge is -2.44. The molecule has 4 aromatic rings. The summed E-state index contributed by atoms with van der Waals surface area (Å²) in [6.45, 7) is -0.356. The molecule has 0 saturated carbocycles. The molecule has 212 valence electrons. The summed E-state index contributed by atoms with van der Waals surface area (Å²) >= 11 is 0. The molecular formula is C26H21F4N7O3S. The quantitative estimate of drug-likeness (QED) is 0.259. The van der Waals surface area contributed by atoms with E-state index in [1.54, 1.807) is 10.8 Å². The van der Waals surface area contributed by atoms with E-state index < -0.39 is 44.5 Å². The van der Waals surface area contributed by atoms with Crippen LogP contribution in [0.3, 0.4) is 0 Å². The normalized spacial score (nSPS) is 19.4. The first kappa shape index (κ1) is 27.0. The van der Waals surface area contributed by atoms with Crippen LogP contribution in [0.5, 0.6) is 0 Å². The predicted octanol–water partition coefficient (Wildman–Crippen LogP) is 3.46. The molecule has 3 aromatic heterocycles.